The number of nitrogens with zero attached hydrogens (tertiary/aromatic N) is 3. The minimum Gasteiger partial charge on any atom is -0.360 e. The van der Waals surface area contributed by atoms with E-state index in [0.29, 0.717) is 29.6 Å². The van der Waals surface area contributed by atoms with Crippen molar-refractivity contribution >= 4 is 40.6 Å². The van der Waals surface area contributed by atoms with Crippen LogP contribution in [0.2, 0.25) is 0 Å². The summed E-state index contributed by atoms with van der Waals surface area (Å²) < 4.78 is 0. The molecule has 126 valence electrons. The van der Waals surface area contributed by atoms with Gasteiger partial charge in [0.2, 0.25) is 11.9 Å². The van der Waals surface area contributed by atoms with Gasteiger partial charge in [0, 0.05) is 22.3 Å². The first-order valence-electron chi connectivity index (χ1n) is 7.82. The van der Waals surface area contributed by atoms with Crippen LogP contribution >= 0.6 is 23.6 Å². The summed E-state index contributed by atoms with van der Waals surface area (Å²) in [5.41, 5.74) is 1.81. The number of thiocarbonyl (C=S) groups is 1. The topological polar surface area (TPSA) is 74.2 Å². The lowest BCUT2D eigenvalue weighted by Gasteiger charge is -2.13. The fourth-order valence-corrected chi connectivity index (χ4v) is 3.01. The van der Waals surface area contributed by atoms with E-state index in [1.165, 1.54) is 4.88 Å². The molecule has 0 unspecified atom stereocenters. The van der Waals surface area contributed by atoms with E-state index < -0.39 is 0 Å². The molecule has 0 aliphatic heterocycles. The van der Waals surface area contributed by atoms with Gasteiger partial charge in [0.05, 0.1) is 6.54 Å². The van der Waals surface area contributed by atoms with Gasteiger partial charge in [0.1, 0.15) is 0 Å². The van der Waals surface area contributed by atoms with Crippen LogP contribution in [-0.4, -0.2) is 27.1 Å². The van der Waals surface area contributed by atoms with Gasteiger partial charge in [-0.15, -0.1) is 11.3 Å². The number of thiophene rings is 1. The van der Waals surface area contributed by atoms with Crippen molar-refractivity contribution < 1.29 is 0 Å². The Balaban J connectivity index is 1.71. The van der Waals surface area contributed by atoms with E-state index in [1.807, 2.05) is 31.4 Å². The normalized spacial score (nSPS) is 14.3. The monoisotopic (exact) mass is 360 g/mol. The first-order chi connectivity index (χ1) is 11.6. The zero-order valence-electron chi connectivity index (χ0n) is 13.7. The van der Waals surface area contributed by atoms with Gasteiger partial charge in [-0.05, 0) is 56.4 Å². The summed E-state index contributed by atoms with van der Waals surface area (Å²) in [4.78, 5) is 14.6. The lowest BCUT2D eigenvalue weighted by Crippen LogP contribution is -2.43. The molecule has 2 heterocycles. The zero-order valence-corrected chi connectivity index (χ0v) is 15.3. The Morgan fingerprint density at radius 3 is 2.71 bits per heavy atom. The molecule has 0 atom stereocenters. The molecule has 3 N–H and O–H groups in total. The zero-order chi connectivity index (χ0) is 16.9. The van der Waals surface area contributed by atoms with Crippen molar-refractivity contribution in [1.29, 1.82) is 0 Å². The highest BCUT2D eigenvalue weighted by molar-refractivity contribution is 7.80. The number of aliphatic imine (C=N–C) groups is 1. The highest BCUT2D eigenvalue weighted by Gasteiger charge is 2.22. The van der Waals surface area contributed by atoms with E-state index in [0.717, 1.165) is 24.2 Å². The number of aromatic nitrogens is 2. The minimum absolute atomic E-state index is 0.487. The van der Waals surface area contributed by atoms with Gasteiger partial charge in [-0.25, -0.2) is 15.0 Å². The second-order valence-electron chi connectivity index (χ2n) is 5.72. The quantitative estimate of drug-likeness (QED) is 0.442. The van der Waals surface area contributed by atoms with E-state index in [4.69, 9.17) is 12.2 Å². The van der Waals surface area contributed by atoms with Crippen LogP contribution in [0.25, 0.3) is 0 Å². The standard InChI is InChI=1S/C16H20N6S2/c1-10-8-11(2)19-15(18-10)21-14(17-9-13-4-3-7-24-13)22-16(23)20-12-5-6-12/h3-4,7-8,12H,5-6,9H2,1-2H3,(H3,17,18,19,20,21,22,23). The van der Waals surface area contributed by atoms with Crippen LogP contribution in [0, 0.1) is 13.8 Å². The third kappa shape index (κ3) is 5.24. The van der Waals surface area contributed by atoms with Crippen LogP contribution in [0.4, 0.5) is 5.95 Å². The molecular weight excluding hydrogens is 340 g/mol. The first kappa shape index (κ1) is 16.8. The van der Waals surface area contributed by atoms with Crippen molar-refractivity contribution in [2.75, 3.05) is 5.32 Å². The third-order valence-corrected chi connectivity index (χ3v) is 4.41. The molecule has 0 saturated heterocycles. The summed E-state index contributed by atoms with van der Waals surface area (Å²) in [5, 5.41) is 12.1. The van der Waals surface area contributed by atoms with Crippen molar-refractivity contribution in [1.82, 2.24) is 20.6 Å². The van der Waals surface area contributed by atoms with Gasteiger partial charge in [0.25, 0.3) is 0 Å². The van der Waals surface area contributed by atoms with E-state index in [2.05, 4.69) is 37.0 Å². The average molecular weight is 361 g/mol. The Kier molecular flexibility index (Phi) is 5.37. The summed E-state index contributed by atoms with van der Waals surface area (Å²) in [6.07, 6.45) is 2.33. The molecule has 0 aromatic carbocycles. The van der Waals surface area contributed by atoms with E-state index in [1.54, 1.807) is 11.3 Å². The predicted molar refractivity (Wildman–Crippen MR) is 102 cm³/mol. The predicted octanol–water partition coefficient (Wildman–Crippen LogP) is 2.75. The molecule has 0 radical (unpaired) electrons. The van der Waals surface area contributed by atoms with Crippen molar-refractivity contribution in [3.63, 3.8) is 0 Å². The van der Waals surface area contributed by atoms with Gasteiger partial charge in [-0.1, -0.05) is 6.07 Å². The average Bonchev–Trinajstić information content (AvgIpc) is 3.15. The highest BCUT2D eigenvalue weighted by Crippen LogP contribution is 2.18. The van der Waals surface area contributed by atoms with Gasteiger partial charge in [-0.2, -0.15) is 0 Å². The number of guanidine groups is 1. The molecular formula is C16H20N6S2. The minimum atomic E-state index is 0.487. The van der Waals surface area contributed by atoms with E-state index in [-0.39, 0.29) is 0 Å². The molecule has 24 heavy (non-hydrogen) atoms. The van der Waals surface area contributed by atoms with Gasteiger partial charge in [-0.3, -0.25) is 5.32 Å². The molecule has 1 fully saturated rings. The summed E-state index contributed by atoms with van der Waals surface area (Å²) in [6.45, 7) is 4.45. The Hall–Kier alpha value is -2.06. The number of anilines is 1. The molecule has 1 aliphatic rings. The smallest absolute Gasteiger partial charge is 0.229 e. The number of rotatable bonds is 4. The van der Waals surface area contributed by atoms with Crippen molar-refractivity contribution in [3.8, 4) is 0 Å². The first-order valence-corrected chi connectivity index (χ1v) is 9.11. The number of hydrogen-bond acceptors (Lipinski definition) is 5. The van der Waals surface area contributed by atoms with Gasteiger partial charge < -0.3 is 10.6 Å². The van der Waals surface area contributed by atoms with Crippen LogP contribution < -0.4 is 16.0 Å². The van der Waals surface area contributed by atoms with Gasteiger partial charge in [0.15, 0.2) is 5.11 Å². The van der Waals surface area contributed by atoms with E-state index in [9.17, 15) is 0 Å². The molecule has 2 aromatic rings. The summed E-state index contributed by atoms with van der Waals surface area (Å²) in [7, 11) is 0. The van der Waals surface area contributed by atoms with Crippen molar-refractivity contribution in [2.45, 2.75) is 39.3 Å². The van der Waals surface area contributed by atoms with E-state index >= 15 is 0 Å². The van der Waals surface area contributed by atoms with Crippen LogP contribution in [0.1, 0.15) is 29.1 Å². The van der Waals surface area contributed by atoms with Crippen LogP contribution in [-0.2, 0) is 6.54 Å². The molecule has 1 saturated carbocycles. The fourth-order valence-electron chi connectivity index (χ4n) is 2.11. The molecule has 0 spiro atoms. The van der Waals surface area contributed by atoms with Crippen LogP contribution in [0.15, 0.2) is 28.6 Å². The number of nitrogens with one attached hydrogen (secondary N) is 3. The fraction of sp³-hybridized carbons (Fsp3) is 0.375. The van der Waals surface area contributed by atoms with Crippen molar-refractivity contribution in [3.05, 3.63) is 39.8 Å². The third-order valence-electron chi connectivity index (χ3n) is 3.33. The maximum absolute atomic E-state index is 5.35. The Morgan fingerprint density at radius 1 is 1.33 bits per heavy atom. The summed E-state index contributed by atoms with van der Waals surface area (Å²) in [6, 6.07) is 6.49. The largest absolute Gasteiger partial charge is 0.360 e. The Morgan fingerprint density at radius 2 is 2.08 bits per heavy atom. The second-order valence-corrected chi connectivity index (χ2v) is 7.16. The summed E-state index contributed by atoms with van der Waals surface area (Å²) >= 11 is 7.02. The maximum atomic E-state index is 5.35. The second kappa shape index (κ2) is 7.67. The van der Waals surface area contributed by atoms with Crippen LogP contribution in [0.5, 0.6) is 0 Å². The number of hydrogen-bond donors (Lipinski definition) is 3. The molecule has 8 heteroatoms. The van der Waals surface area contributed by atoms with Crippen LogP contribution in [0.3, 0.4) is 0 Å². The molecule has 1 aliphatic carbocycles. The molecule has 0 bridgehead atoms. The lowest BCUT2D eigenvalue weighted by atomic mass is 10.4. The summed E-state index contributed by atoms with van der Waals surface area (Å²) in [5.74, 6) is 1.06. The molecule has 2 aromatic heterocycles. The number of aryl methyl sites for hydroxylation is 2. The maximum Gasteiger partial charge on any atom is 0.229 e. The lowest BCUT2D eigenvalue weighted by molar-refractivity contribution is 0.897. The molecule has 3 rings (SSSR count). The SMILES string of the molecule is Cc1cc(C)nc(NC(=NCc2cccs2)NC(=S)NC2CC2)n1. The Labute approximate surface area is 150 Å². The van der Waals surface area contributed by atoms with Gasteiger partial charge >= 0.3 is 0 Å². The Bertz CT molecular complexity index is 717. The molecule has 6 nitrogen and oxygen atoms in total. The van der Waals surface area contributed by atoms with Crippen molar-refractivity contribution in [2.24, 2.45) is 4.99 Å². The highest BCUT2D eigenvalue weighted by atomic mass is 32.1. The molecule has 0 amide bonds.